The second-order valence-electron chi connectivity index (χ2n) is 4.72. The van der Waals surface area contributed by atoms with Crippen LogP contribution in [-0.2, 0) is 22.4 Å². The Balaban J connectivity index is 3.85. The molecule has 0 radical (unpaired) electrons. The van der Waals surface area contributed by atoms with Crippen molar-refractivity contribution in [2.75, 3.05) is 21.3 Å². The van der Waals surface area contributed by atoms with Crippen molar-refractivity contribution in [1.82, 2.24) is 0 Å². The van der Waals surface area contributed by atoms with Gasteiger partial charge in [0.1, 0.15) is 0 Å². The first-order chi connectivity index (χ1) is 11.7. The average molecular weight is 552 g/mol. The van der Waals surface area contributed by atoms with Crippen LogP contribution in [0.3, 0.4) is 0 Å². The number of carbonyl (C=O) groups is 3. The van der Waals surface area contributed by atoms with Gasteiger partial charge in [0.2, 0.25) is 0 Å². The quantitative estimate of drug-likeness (QED) is 0.449. The molecule has 0 unspecified atom stereocenters. The van der Waals surface area contributed by atoms with E-state index in [0.29, 0.717) is 0 Å². The topological polar surface area (TPSA) is 107 Å². The molecule has 25 heavy (non-hydrogen) atoms. The molecule has 0 aliphatic rings. The molecule has 0 N–H and O–H groups in total. The molecule has 0 heterocycles. The van der Waals surface area contributed by atoms with E-state index in [9.17, 15) is 14.4 Å². The number of rotatable bonds is 7. The van der Waals surface area contributed by atoms with Crippen molar-refractivity contribution in [3.63, 3.8) is 0 Å². The van der Waals surface area contributed by atoms with Gasteiger partial charge in [0.25, 0.3) is 0 Å². The summed E-state index contributed by atoms with van der Waals surface area (Å²) in [6, 6.07) is 3.05. The van der Waals surface area contributed by atoms with Crippen LogP contribution < -0.4 is 17.3 Å². The minimum absolute atomic E-state index is 0.0671. The first-order valence-corrected chi connectivity index (χ1v) is 13.8. The third kappa shape index (κ3) is 4.97. The Hall–Kier alpha value is -2.05. The van der Waals surface area contributed by atoms with Crippen LogP contribution in [0, 0.1) is 0 Å². The van der Waals surface area contributed by atoms with Gasteiger partial charge in [0.05, 0.1) is 0 Å². The van der Waals surface area contributed by atoms with Crippen molar-refractivity contribution >= 4 is 43.6 Å². The van der Waals surface area contributed by atoms with E-state index in [1.54, 1.807) is 6.07 Å². The maximum atomic E-state index is 11.7. The second-order valence-corrected chi connectivity index (χ2v) is 13.4. The van der Waals surface area contributed by atoms with Gasteiger partial charge in [-0.1, -0.05) is 0 Å². The SMILES string of the molecule is COc1ccc(OC)[c]([Pb]([O]C(C)=O)([O]C(C)=O)[O]C(C)=O)c1OC. The summed E-state index contributed by atoms with van der Waals surface area (Å²) in [5.41, 5.74) is 0. The van der Waals surface area contributed by atoms with E-state index in [4.69, 9.17) is 22.3 Å². The summed E-state index contributed by atoms with van der Waals surface area (Å²) in [5, 5.41) is 0. The zero-order valence-electron chi connectivity index (χ0n) is 14.8. The van der Waals surface area contributed by atoms with E-state index < -0.39 is 40.4 Å². The summed E-state index contributed by atoms with van der Waals surface area (Å²) in [6.07, 6.45) is 0. The van der Waals surface area contributed by atoms with E-state index in [2.05, 4.69) is 0 Å². The molecule has 0 saturated heterocycles. The maximum absolute atomic E-state index is 11.7. The standard InChI is InChI=1S/C9H11O3.3C2H4O2.Pb/c1-10-7-4-5-8(11-2)9(6-7)12-3;3*1-2(3)4;/h4-5H,1-3H3;3*1H3,(H,3,4);/q;;;;+3/p-3. The summed E-state index contributed by atoms with van der Waals surface area (Å²) in [7, 11) is 4.10. The van der Waals surface area contributed by atoms with Crippen molar-refractivity contribution in [3.8, 4) is 17.2 Å². The van der Waals surface area contributed by atoms with Crippen LogP contribution in [0.25, 0.3) is 0 Å². The molecule has 10 heteroatoms. The molecule has 0 spiro atoms. The molecule has 0 saturated carbocycles. The Morgan fingerprint density at radius 1 is 0.720 bits per heavy atom. The van der Waals surface area contributed by atoms with Gasteiger partial charge >= 0.3 is 152 Å². The van der Waals surface area contributed by atoms with Gasteiger partial charge < -0.3 is 0 Å². The number of ether oxygens (including phenoxy) is 3. The Bertz CT molecular complexity index is 630. The summed E-state index contributed by atoms with van der Waals surface area (Å²) >= 11 is -5.54. The van der Waals surface area contributed by atoms with Gasteiger partial charge in [0.15, 0.2) is 0 Å². The number of benzene rings is 1. The zero-order chi connectivity index (χ0) is 19.2. The van der Waals surface area contributed by atoms with E-state index in [0.717, 1.165) is 20.8 Å². The monoisotopic (exact) mass is 552 g/mol. The first-order valence-electron chi connectivity index (χ1n) is 7.08. The molecular formula is C15H20O9Pb. The second kappa shape index (κ2) is 8.87. The van der Waals surface area contributed by atoms with Crippen molar-refractivity contribution in [3.05, 3.63) is 12.1 Å². The van der Waals surface area contributed by atoms with Crippen molar-refractivity contribution < 1.29 is 36.7 Å². The molecular weight excluding hydrogens is 531 g/mol. The van der Waals surface area contributed by atoms with Crippen LogP contribution >= 0.6 is 0 Å². The van der Waals surface area contributed by atoms with Crippen molar-refractivity contribution in [2.24, 2.45) is 0 Å². The van der Waals surface area contributed by atoms with Crippen LogP contribution in [0.1, 0.15) is 20.8 Å². The van der Waals surface area contributed by atoms with E-state index >= 15 is 0 Å². The van der Waals surface area contributed by atoms with Crippen LogP contribution in [0.15, 0.2) is 12.1 Å². The van der Waals surface area contributed by atoms with E-state index in [-0.39, 0.29) is 20.4 Å². The Morgan fingerprint density at radius 3 is 1.44 bits per heavy atom. The first kappa shape index (κ1) is 21.0. The molecule has 138 valence electrons. The normalized spacial score (nSPS) is 10.5. The molecule has 1 rings (SSSR count). The predicted octanol–water partition coefficient (Wildman–Crippen LogP) is 0.548. The zero-order valence-corrected chi connectivity index (χ0v) is 18.7. The third-order valence-electron chi connectivity index (χ3n) is 2.87. The van der Waals surface area contributed by atoms with Gasteiger partial charge in [-0.2, -0.15) is 0 Å². The fourth-order valence-corrected chi connectivity index (χ4v) is 12.1. The van der Waals surface area contributed by atoms with Crippen LogP contribution in [-0.4, -0.2) is 61.8 Å². The molecule has 0 fully saturated rings. The summed E-state index contributed by atoms with van der Waals surface area (Å²) in [4.78, 5) is 35.1. The summed E-state index contributed by atoms with van der Waals surface area (Å²) < 4.78 is 31.8. The van der Waals surface area contributed by atoms with Crippen molar-refractivity contribution in [2.45, 2.75) is 20.8 Å². The molecule has 0 atom stereocenters. The Labute approximate surface area is 151 Å². The molecule has 1 aromatic carbocycles. The molecule has 0 aliphatic heterocycles. The Kier molecular flexibility index (Phi) is 7.45. The van der Waals surface area contributed by atoms with E-state index in [1.165, 1.54) is 27.4 Å². The molecule has 0 bridgehead atoms. The van der Waals surface area contributed by atoms with Gasteiger partial charge in [-0.3, -0.25) is 0 Å². The van der Waals surface area contributed by atoms with Crippen LogP contribution in [0.4, 0.5) is 0 Å². The van der Waals surface area contributed by atoms with Gasteiger partial charge in [-0.05, 0) is 0 Å². The van der Waals surface area contributed by atoms with Crippen LogP contribution in [0.5, 0.6) is 17.2 Å². The molecule has 0 aliphatic carbocycles. The van der Waals surface area contributed by atoms with Gasteiger partial charge in [0, 0.05) is 0 Å². The summed E-state index contributed by atoms with van der Waals surface area (Å²) in [6.45, 7) is 3.34. The fourth-order valence-electron chi connectivity index (χ4n) is 2.15. The molecule has 0 amide bonds. The van der Waals surface area contributed by atoms with Crippen molar-refractivity contribution in [1.29, 1.82) is 0 Å². The number of methoxy groups -OCH3 is 3. The van der Waals surface area contributed by atoms with Gasteiger partial charge in [-0.25, -0.2) is 0 Å². The molecule has 1 aromatic rings. The average Bonchev–Trinajstić information content (AvgIpc) is 2.50. The fraction of sp³-hybridized carbons (Fsp3) is 0.400. The number of hydrogen-bond donors (Lipinski definition) is 0. The van der Waals surface area contributed by atoms with E-state index in [1.807, 2.05) is 0 Å². The molecule has 9 nitrogen and oxygen atoms in total. The predicted molar refractivity (Wildman–Crippen MR) is 86.8 cm³/mol. The third-order valence-corrected chi connectivity index (χ3v) is 13.6. The Morgan fingerprint density at radius 2 is 1.12 bits per heavy atom. The van der Waals surface area contributed by atoms with Crippen LogP contribution in [0.2, 0.25) is 0 Å². The number of hydrogen-bond acceptors (Lipinski definition) is 9. The summed E-state index contributed by atoms with van der Waals surface area (Å²) in [5.74, 6) is -1.83. The van der Waals surface area contributed by atoms with Gasteiger partial charge in [-0.15, -0.1) is 0 Å². The number of carbonyl (C=O) groups excluding carboxylic acids is 3. The minimum atomic E-state index is -5.54. The molecule has 0 aromatic heterocycles.